The first-order chi connectivity index (χ1) is 13.0. The molecule has 2 amide bonds. The Morgan fingerprint density at radius 1 is 1.18 bits per heavy atom. The van der Waals surface area contributed by atoms with E-state index in [1.54, 1.807) is 6.07 Å². The number of rotatable bonds is 7. The molecule has 2 N–H and O–H groups in total. The number of amides is 2. The molecule has 28 heavy (non-hydrogen) atoms. The second-order valence-electron chi connectivity index (χ2n) is 7.91. The summed E-state index contributed by atoms with van der Waals surface area (Å²) >= 11 is 6.11. The van der Waals surface area contributed by atoms with Gasteiger partial charge in [0.25, 0.3) is 0 Å². The molecule has 0 atom stereocenters. The standard InChI is InChI=1S/C19H28ClN3O4S/c1-19(2,3)18(25)21-10-6-7-17(24)22-14-8-9-15(20)16(13-14)28(26,27)23-11-4-5-12-23/h8-9,13H,4-7,10-12H2,1-3H3,(H,21,25)(H,22,24). The van der Waals surface area contributed by atoms with Crippen LogP contribution in [0.4, 0.5) is 5.69 Å². The summed E-state index contributed by atoms with van der Waals surface area (Å²) in [7, 11) is -3.67. The fourth-order valence-electron chi connectivity index (χ4n) is 2.79. The normalized spacial score (nSPS) is 15.4. The van der Waals surface area contributed by atoms with Crippen LogP contribution in [-0.4, -0.2) is 44.2 Å². The summed E-state index contributed by atoms with van der Waals surface area (Å²) in [5.74, 6) is -0.320. The highest BCUT2D eigenvalue weighted by molar-refractivity contribution is 7.89. The monoisotopic (exact) mass is 429 g/mol. The van der Waals surface area contributed by atoms with E-state index in [1.807, 2.05) is 20.8 Å². The first-order valence-electron chi connectivity index (χ1n) is 9.39. The van der Waals surface area contributed by atoms with Gasteiger partial charge in [0.15, 0.2) is 0 Å². The first kappa shape index (κ1) is 22.6. The van der Waals surface area contributed by atoms with Crippen molar-refractivity contribution < 1.29 is 18.0 Å². The van der Waals surface area contributed by atoms with Crippen molar-refractivity contribution in [2.45, 2.75) is 51.3 Å². The number of hydrogen-bond acceptors (Lipinski definition) is 4. The lowest BCUT2D eigenvalue weighted by Crippen LogP contribution is -2.35. The van der Waals surface area contributed by atoms with E-state index in [1.165, 1.54) is 16.4 Å². The lowest BCUT2D eigenvalue weighted by atomic mass is 9.96. The number of sulfonamides is 1. The molecule has 1 aliphatic heterocycles. The molecule has 2 rings (SSSR count). The van der Waals surface area contributed by atoms with Crippen LogP contribution in [0.25, 0.3) is 0 Å². The molecule has 1 aromatic rings. The zero-order valence-corrected chi connectivity index (χ0v) is 18.1. The summed E-state index contributed by atoms with van der Waals surface area (Å²) in [6.07, 6.45) is 2.36. The molecule has 1 aromatic carbocycles. The van der Waals surface area contributed by atoms with Crippen molar-refractivity contribution in [3.63, 3.8) is 0 Å². The molecule has 0 saturated carbocycles. The predicted molar refractivity (Wildman–Crippen MR) is 110 cm³/mol. The van der Waals surface area contributed by atoms with E-state index in [2.05, 4.69) is 10.6 Å². The van der Waals surface area contributed by atoms with Gasteiger partial charge in [-0.15, -0.1) is 0 Å². The van der Waals surface area contributed by atoms with E-state index in [0.717, 1.165) is 12.8 Å². The van der Waals surface area contributed by atoms with Crippen molar-refractivity contribution in [1.82, 2.24) is 9.62 Å². The highest BCUT2D eigenvalue weighted by Crippen LogP contribution is 2.29. The average Bonchev–Trinajstić information content (AvgIpc) is 3.14. The Morgan fingerprint density at radius 3 is 2.43 bits per heavy atom. The summed E-state index contributed by atoms with van der Waals surface area (Å²) in [6, 6.07) is 4.45. The predicted octanol–water partition coefficient (Wildman–Crippen LogP) is 3.01. The van der Waals surface area contributed by atoms with Gasteiger partial charge in [-0.3, -0.25) is 9.59 Å². The molecule has 0 aromatic heterocycles. The maximum atomic E-state index is 12.7. The topological polar surface area (TPSA) is 95.6 Å². The zero-order valence-electron chi connectivity index (χ0n) is 16.5. The number of anilines is 1. The van der Waals surface area contributed by atoms with Crippen LogP contribution in [0.5, 0.6) is 0 Å². The molecular formula is C19H28ClN3O4S. The lowest BCUT2D eigenvalue weighted by Gasteiger charge is -2.18. The SMILES string of the molecule is CC(C)(C)C(=O)NCCCC(=O)Nc1ccc(Cl)c(S(=O)(=O)N2CCCC2)c1. The Bertz CT molecular complexity index is 828. The molecule has 156 valence electrons. The molecule has 1 saturated heterocycles. The molecule has 0 spiro atoms. The lowest BCUT2D eigenvalue weighted by molar-refractivity contribution is -0.128. The van der Waals surface area contributed by atoms with E-state index in [-0.39, 0.29) is 28.2 Å². The molecule has 1 aliphatic rings. The fraction of sp³-hybridized carbons (Fsp3) is 0.579. The highest BCUT2D eigenvalue weighted by Gasteiger charge is 2.29. The quantitative estimate of drug-likeness (QED) is 0.651. The maximum absolute atomic E-state index is 12.7. The third-order valence-electron chi connectivity index (χ3n) is 4.45. The van der Waals surface area contributed by atoms with Gasteiger partial charge in [-0.1, -0.05) is 32.4 Å². The molecule has 0 bridgehead atoms. The fourth-order valence-corrected chi connectivity index (χ4v) is 4.80. The summed E-state index contributed by atoms with van der Waals surface area (Å²) in [5, 5.41) is 5.62. The van der Waals surface area contributed by atoms with Crippen LogP contribution in [0.2, 0.25) is 5.02 Å². The van der Waals surface area contributed by atoms with E-state index < -0.39 is 15.4 Å². The smallest absolute Gasteiger partial charge is 0.244 e. The number of halogens is 1. The average molecular weight is 430 g/mol. The van der Waals surface area contributed by atoms with E-state index in [4.69, 9.17) is 11.6 Å². The van der Waals surface area contributed by atoms with E-state index in [9.17, 15) is 18.0 Å². The van der Waals surface area contributed by atoms with Crippen molar-refractivity contribution in [3.8, 4) is 0 Å². The van der Waals surface area contributed by atoms with Crippen LogP contribution in [0.3, 0.4) is 0 Å². The molecule has 0 aliphatic carbocycles. The number of carbonyl (C=O) groups is 2. The Balaban J connectivity index is 1.94. The van der Waals surface area contributed by atoms with Gasteiger partial charge in [-0.25, -0.2) is 8.42 Å². The van der Waals surface area contributed by atoms with Gasteiger partial charge in [0.1, 0.15) is 4.90 Å². The minimum absolute atomic E-state index is 0.00584. The summed E-state index contributed by atoms with van der Waals surface area (Å²) in [4.78, 5) is 23.9. The summed E-state index contributed by atoms with van der Waals surface area (Å²) in [5.41, 5.74) is -0.0890. The molecular weight excluding hydrogens is 402 g/mol. The zero-order chi connectivity index (χ0) is 20.9. The number of nitrogens with zero attached hydrogens (tertiary/aromatic N) is 1. The number of carbonyl (C=O) groups excluding carboxylic acids is 2. The molecule has 9 heteroatoms. The van der Waals surface area contributed by atoms with Gasteiger partial charge in [0.05, 0.1) is 5.02 Å². The molecule has 0 unspecified atom stereocenters. The molecule has 0 radical (unpaired) electrons. The number of nitrogens with one attached hydrogen (secondary N) is 2. The van der Waals surface area contributed by atoms with Gasteiger partial charge in [-0.2, -0.15) is 4.31 Å². The third kappa shape index (κ3) is 5.93. The summed E-state index contributed by atoms with van der Waals surface area (Å²) < 4.78 is 26.9. The number of hydrogen-bond donors (Lipinski definition) is 2. The van der Waals surface area contributed by atoms with E-state index in [0.29, 0.717) is 31.7 Å². The molecule has 1 heterocycles. The Labute approximate surface area is 171 Å². The first-order valence-corrected chi connectivity index (χ1v) is 11.2. The van der Waals surface area contributed by atoms with Gasteiger partial charge >= 0.3 is 0 Å². The summed E-state index contributed by atoms with van der Waals surface area (Å²) in [6.45, 7) is 6.83. The second-order valence-corrected chi connectivity index (χ2v) is 10.2. The molecule has 7 nitrogen and oxygen atoms in total. The van der Waals surface area contributed by atoms with Crippen LogP contribution >= 0.6 is 11.6 Å². The largest absolute Gasteiger partial charge is 0.356 e. The minimum atomic E-state index is -3.67. The van der Waals surface area contributed by atoms with Crippen LogP contribution in [0.1, 0.15) is 46.5 Å². The van der Waals surface area contributed by atoms with Crippen molar-refractivity contribution in [2.24, 2.45) is 5.41 Å². The van der Waals surface area contributed by atoms with Crippen LogP contribution < -0.4 is 10.6 Å². The third-order valence-corrected chi connectivity index (χ3v) is 6.83. The number of benzene rings is 1. The van der Waals surface area contributed by atoms with Gasteiger partial charge < -0.3 is 10.6 Å². The minimum Gasteiger partial charge on any atom is -0.356 e. The van der Waals surface area contributed by atoms with Crippen molar-refractivity contribution in [2.75, 3.05) is 25.0 Å². The Morgan fingerprint density at radius 2 is 1.82 bits per heavy atom. The van der Waals surface area contributed by atoms with Crippen LogP contribution in [0, 0.1) is 5.41 Å². The van der Waals surface area contributed by atoms with E-state index >= 15 is 0 Å². The molecule has 1 fully saturated rings. The Kier molecular flexibility index (Phi) is 7.47. The van der Waals surface area contributed by atoms with Crippen LogP contribution in [0.15, 0.2) is 23.1 Å². The van der Waals surface area contributed by atoms with Crippen LogP contribution in [-0.2, 0) is 19.6 Å². The maximum Gasteiger partial charge on any atom is 0.244 e. The highest BCUT2D eigenvalue weighted by atomic mass is 35.5. The van der Waals surface area contributed by atoms with Crippen molar-refractivity contribution in [1.29, 1.82) is 0 Å². The second kappa shape index (κ2) is 9.24. The Hall–Kier alpha value is -1.64. The van der Waals surface area contributed by atoms with Crippen molar-refractivity contribution >= 4 is 39.1 Å². The van der Waals surface area contributed by atoms with Crippen molar-refractivity contribution in [3.05, 3.63) is 23.2 Å². The van der Waals surface area contributed by atoms with Gasteiger partial charge in [0.2, 0.25) is 21.8 Å². The van der Waals surface area contributed by atoms with Gasteiger partial charge in [-0.05, 0) is 37.5 Å². The van der Waals surface area contributed by atoms with Gasteiger partial charge in [0, 0.05) is 37.2 Å².